The molecule has 3 heteroatoms. The average Bonchev–Trinajstić information content (AvgIpc) is 1.77. The van der Waals surface area contributed by atoms with E-state index in [1.54, 1.807) is 0 Å². The maximum atomic E-state index is 5.53. The minimum Gasteiger partial charge on any atom is -0.386 e. The Balaban J connectivity index is 2.53. The van der Waals surface area contributed by atoms with E-state index in [0.29, 0.717) is 0 Å². The Bertz CT molecular complexity index is 108. The second-order valence-corrected chi connectivity index (χ2v) is 1.94. The van der Waals surface area contributed by atoms with E-state index in [9.17, 15) is 0 Å². The van der Waals surface area contributed by atoms with Crippen LogP contribution in [0.25, 0.3) is 0 Å². The Morgan fingerprint density at radius 2 is 2.62 bits per heavy atom. The topological polar surface area (TPSA) is 41.3 Å². The molecule has 0 atom stereocenters. The Morgan fingerprint density at radius 1 is 1.88 bits per heavy atom. The van der Waals surface area contributed by atoms with Crippen LogP contribution in [0.4, 0.5) is 0 Å². The number of nitrogens with one attached hydrogen (secondary N) is 1. The maximum Gasteiger partial charge on any atom is 0.0965 e. The average molecular weight is 113 g/mol. The van der Waals surface area contributed by atoms with Crippen molar-refractivity contribution in [3.05, 3.63) is 11.9 Å². The lowest BCUT2D eigenvalue weighted by Gasteiger charge is -2.23. The SMILES string of the molecule is CN1CNCC=C1N. The smallest absolute Gasteiger partial charge is 0.0965 e. The lowest BCUT2D eigenvalue weighted by Crippen LogP contribution is -2.38. The summed E-state index contributed by atoms with van der Waals surface area (Å²) in [6.45, 7) is 1.76. The van der Waals surface area contributed by atoms with Crippen molar-refractivity contribution in [2.45, 2.75) is 0 Å². The van der Waals surface area contributed by atoms with Gasteiger partial charge in [-0.3, -0.25) is 5.32 Å². The molecule has 1 heterocycles. The van der Waals surface area contributed by atoms with Crippen molar-refractivity contribution in [3.8, 4) is 0 Å². The molecular weight excluding hydrogens is 102 g/mol. The van der Waals surface area contributed by atoms with Gasteiger partial charge in [0.15, 0.2) is 0 Å². The molecule has 0 aromatic carbocycles. The van der Waals surface area contributed by atoms with E-state index in [2.05, 4.69) is 5.32 Å². The van der Waals surface area contributed by atoms with Crippen molar-refractivity contribution in [2.24, 2.45) is 5.73 Å². The van der Waals surface area contributed by atoms with Crippen molar-refractivity contribution < 1.29 is 0 Å². The van der Waals surface area contributed by atoms with Gasteiger partial charge < -0.3 is 10.6 Å². The fraction of sp³-hybridized carbons (Fsp3) is 0.600. The predicted molar refractivity (Wildman–Crippen MR) is 32.9 cm³/mol. The quantitative estimate of drug-likeness (QED) is 0.435. The summed E-state index contributed by atoms with van der Waals surface area (Å²) in [7, 11) is 1.96. The van der Waals surface area contributed by atoms with Crippen molar-refractivity contribution in [1.82, 2.24) is 10.2 Å². The van der Waals surface area contributed by atoms with Crippen LogP contribution in [0, 0.1) is 0 Å². The van der Waals surface area contributed by atoms with E-state index in [4.69, 9.17) is 5.73 Å². The highest BCUT2D eigenvalue weighted by atomic mass is 15.3. The zero-order valence-corrected chi connectivity index (χ0v) is 5.02. The zero-order valence-electron chi connectivity index (χ0n) is 5.02. The van der Waals surface area contributed by atoms with Crippen molar-refractivity contribution in [3.63, 3.8) is 0 Å². The van der Waals surface area contributed by atoms with Crippen LogP contribution in [0.5, 0.6) is 0 Å². The first-order valence-electron chi connectivity index (χ1n) is 2.68. The summed E-state index contributed by atoms with van der Waals surface area (Å²) < 4.78 is 0. The van der Waals surface area contributed by atoms with Gasteiger partial charge in [0.05, 0.1) is 12.5 Å². The van der Waals surface area contributed by atoms with E-state index in [-0.39, 0.29) is 0 Å². The molecule has 0 aromatic heterocycles. The molecule has 0 aromatic rings. The molecule has 8 heavy (non-hydrogen) atoms. The molecular formula is C5H11N3. The van der Waals surface area contributed by atoms with Crippen molar-refractivity contribution in [2.75, 3.05) is 20.3 Å². The molecule has 0 saturated carbocycles. The van der Waals surface area contributed by atoms with Crippen LogP contribution in [0.1, 0.15) is 0 Å². The van der Waals surface area contributed by atoms with Gasteiger partial charge in [0.2, 0.25) is 0 Å². The first-order valence-corrected chi connectivity index (χ1v) is 2.68. The molecule has 0 fully saturated rings. The normalized spacial score (nSPS) is 20.6. The van der Waals surface area contributed by atoms with Gasteiger partial charge in [-0.05, 0) is 6.08 Å². The van der Waals surface area contributed by atoms with Crippen LogP contribution in [0.2, 0.25) is 0 Å². The summed E-state index contributed by atoms with van der Waals surface area (Å²) in [4.78, 5) is 1.96. The highest BCUT2D eigenvalue weighted by Gasteiger charge is 2.01. The zero-order chi connectivity index (χ0) is 5.98. The van der Waals surface area contributed by atoms with Crippen molar-refractivity contribution in [1.29, 1.82) is 0 Å². The molecule has 46 valence electrons. The van der Waals surface area contributed by atoms with E-state index in [1.807, 2.05) is 18.0 Å². The van der Waals surface area contributed by atoms with Gasteiger partial charge in [-0.15, -0.1) is 0 Å². The van der Waals surface area contributed by atoms with Crippen LogP contribution >= 0.6 is 0 Å². The second kappa shape index (κ2) is 2.05. The summed E-state index contributed by atoms with van der Waals surface area (Å²) in [5.41, 5.74) is 5.53. The first kappa shape index (κ1) is 5.44. The Morgan fingerprint density at radius 3 is 3.00 bits per heavy atom. The third-order valence-corrected chi connectivity index (χ3v) is 1.25. The van der Waals surface area contributed by atoms with Gasteiger partial charge >= 0.3 is 0 Å². The summed E-state index contributed by atoms with van der Waals surface area (Å²) >= 11 is 0. The minimum atomic E-state index is 0.863. The Labute approximate surface area is 49.2 Å². The van der Waals surface area contributed by atoms with Gasteiger partial charge in [-0.2, -0.15) is 0 Å². The van der Waals surface area contributed by atoms with E-state index < -0.39 is 0 Å². The molecule has 0 saturated heterocycles. The van der Waals surface area contributed by atoms with Crippen LogP contribution in [0.3, 0.4) is 0 Å². The van der Waals surface area contributed by atoms with E-state index in [1.165, 1.54) is 0 Å². The lowest BCUT2D eigenvalue weighted by molar-refractivity contribution is 0.361. The number of hydrogen-bond acceptors (Lipinski definition) is 3. The molecule has 0 unspecified atom stereocenters. The van der Waals surface area contributed by atoms with Gasteiger partial charge in [0.25, 0.3) is 0 Å². The summed E-state index contributed by atoms with van der Waals surface area (Å²) in [6, 6.07) is 0. The third-order valence-electron chi connectivity index (χ3n) is 1.25. The van der Waals surface area contributed by atoms with Crippen LogP contribution in [-0.2, 0) is 0 Å². The summed E-state index contributed by atoms with van der Waals surface area (Å²) in [5, 5.41) is 3.13. The number of hydrogen-bond donors (Lipinski definition) is 2. The molecule has 0 spiro atoms. The lowest BCUT2D eigenvalue weighted by atomic mass is 10.4. The molecule has 3 N–H and O–H groups in total. The molecule has 1 aliphatic heterocycles. The second-order valence-electron chi connectivity index (χ2n) is 1.94. The highest BCUT2D eigenvalue weighted by Crippen LogP contribution is 1.93. The Hall–Kier alpha value is -0.700. The molecule has 0 amide bonds. The van der Waals surface area contributed by atoms with Crippen LogP contribution in [0.15, 0.2) is 11.9 Å². The summed E-state index contributed by atoms with van der Waals surface area (Å²) in [5.74, 6) is 0.865. The molecule has 1 aliphatic rings. The number of nitrogens with two attached hydrogens (primary N) is 1. The largest absolute Gasteiger partial charge is 0.386 e. The fourth-order valence-corrected chi connectivity index (χ4v) is 0.656. The molecule has 0 bridgehead atoms. The molecule has 1 rings (SSSR count). The maximum absolute atomic E-state index is 5.53. The minimum absolute atomic E-state index is 0.863. The predicted octanol–water partition coefficient (Wildman–Crippen LogP) is -0.721. The molecule has 0 aliphatic carbocycles. The highest BCUT2D eigenvalue weighted by molar-refractivity contribution is 4.98. The van der Waals surface area contributed by atoms with Crippen molar-refractivity contribution >= 4 is 0 Å². The van der Waals surface area contributed by atoms with Crippen LogP contribution < -0.4 is 11.1 Å². The summed E-state index contributed by atoms with van der Waals surface area (Å²) in [6.07, 6.45) is 1.96. The molecule has 3 nitrogen and oxygen atoms in total. The molecule has 0 radical (unpaired) electrons. The fourth-order valence-electron chi connectivity index (χ4n) is 0.656. The third kappa shape index (κ3) is 0.924. The van der Waals surface area contributed by atoms with Crippen LogP contribution in [-0.4, -0.2) is 25.2 Å². The number of nitrogens with zero attached hydrogens (tertiary/aromatic N) is 1. The van der Waals surface area contributed by atoms with E-state index in [0.717, 1.165) is 19.0 Å². The number of rotatable bonds is 0. The van der Waals surface area contributed by atoms with E-state index >= 15 is 0 Å². The Kier molecular flexibility index (Phi) is 1.39. The monoisotopic (exact) mass is 113 g/mol. The van der Waals surface area contributed by atoms with Gasteiger partial charge in [-0.25, -0.2) is 0 Å². The first-order chi connectivity index (χ1) is 3.80. The van der Waals surface area contributed by atoms with Gasteiger partial charge in [0, 0.05) is 13.6 Å². The standard InChI is InChI=1S/C5H11N3/c1-8-4-7-3-2-5(8)6/h2,7H,3-4,6H2,1H3. The van der Waals surface area contributed by atoms with Gasteiger partial charge in [0.1, 0.15) is 0 Å². The van der Waals surface area contributed by atoms with Gasteiger partial charge in [-0.1, -0.05) is 0 Å².